The summed E-state index contributed by atoms with van der Waals surface area (Å²) in [5.74, 6) is -1.16. The molecular weight excluding hydrogens is 568 g/mol. The summed E-state index contributed by atoms with van der Waals surface area (Å²) in [5.41, 5.74) is 0.954. The van der Waals surface area contributed by atoms with E-state index in [0.717, 1.165) is 48.1 Å². The largest absolute Gasteiger partial charge is 0.351 e. The maximum Gasteiger partial charge on any atom is 0.261 e. The van der Waals surface area contributed by atoms with Gasteiger partial charge >= 0.3 is 0 Å². The molecule has 0 atom stereocenters. The number of benzene rings is 3. The molecule has 1 aliphatic heterocycles. The molecule has 1 aromatic heterocycles. The number of aromatic nitrogens is 1. The maximum atomic E-state index is 14.0. The fraction of sp³-hybridized carbons (Fsp3) is 0.231. The number of amides is 1. The number of hydrogen-bond acceptors (Lipinski definition) is 7. The highest BCUT2D eigenvalue weighted by molar-refractivity contribution is 7.92. The monoisotopic (exact) mass is 593 g/mol. The van der Waals surface area contributed by atoms with Gasteiger partial charge in [-0.15, -0.1) is 12.4 Å². The number of carbonyl (C=O) groups excluding carboxylic acids is 1. The van der Waals surface area contributed by atoms with Crippen LogP contribution in [0.1, 0.15) is 10.4 Å². The Bertz CT molecular complexity index is 1560. The quantitative estimate of drug-likeness (QED) is 0.315. The summed E-state index contributed by atoms with van der Waals surface area (Å²) in [6.45, 7) is 4.17. The topological polar surface area (TPSA) is 94.6 Å². The molecule has 2 N–H and O–H groups in total. The van der Waals surface area contributed by atoms with Crippen LogP contribution in [0.2, 0.25) is 0 Å². The fourth-order valence-corrected chi connectivity index (χ4v) is 6.26. The van der Waals surface area contributed by atoms with Gasteiger partial charge < -0.3 is 10.2 Å². The molecule has 1 aliphatic rings. The average molecular weight is 594 g/mol. The van der Waals surface area contributed by atoms with Gasteiger partial charge in [0, 0.05) is 50.5 Å². The van der Waals surface area contributed by atoms with Gasteiger partial charge in [0.15, 0.2) is 5.13 Å². The standard InChI is InChI=1S/C26H25F2N5O3S2.ClH/c27-19-7-9-21(10-8-19)38(35,36)31-20-4-1-3-18(17-20)25(34)29-11-12-32-13-15-33(16-14-32)26-30-24-22(28)5-2-6-23(24)37-26;/h1-10,17,31H,11-16H2,(H,29,34);1H. The molecule has 0 spiro atoms. The second-order valence-electron chi connectivity index (χ2n) is 8.81. The van der Waals surface area contributed by atoms with Crippen molar-refractivity contribution in [1.82, 2.24) is 15.2 Å². The van der Waals surface area contributed by atoms with E-state index in [9.17, 15) is 22.0 Å². The number of halogens is 3. The SMILES string of the molecule is Cl.O=C(NCCN1CCN(c2nc3c(F)cccc3s2)CC1)c1cccc(NS(=O)(=O)c2ccc(F)cc2)c1. The smallest absolute Gasteiger partial charge is 0.261 e. The van der Waals surface area contributed by atoms with E-state index in [-0.39, 0.29) is 34.7 Å². The summed E-state index contributed by atoms with van der Waals surface area (Å²) in [7, 11) is -3.92. The zero-order valence-electron chi connectivity index (χ0n) is 20.6. The first-order valence-corrected chi connectivity index (χ1v) is 14.3. The Hall–Kier alpha value is -3.32. The summed E-state index contributed by atoms with van der Waals surface area (Å²) >= 11 is 1.48. The van der Waals surface area contributed by atoms with Crippen LogP contribution in [0.3, 0.4) is 0 Å². The van der Waals surface area contributed by atoms with Crippen molar-refractivity contribution in [2.45, 2.75) is 4.90 Å². The van der Waals surface area contributed by atoms with E-state index >= 15 is 0 Å². The highest BCUT2D eigenvalue weighted by Gasteiger charge is 2.21. The Balaban J connectivity index is 0.00000353. The lowest BCUT2D eigenvalue weighted by Crippen LogP contribution is -2.48. The first kappa shape index (κ1) is 28.7. The van der Waals surface area contributed by atoms with Crippen LogP contribution in [0.4, 0.5) is 19.6 Å². The van der Waals surface area contributed by atoms with E-state index in [0.29, 0.717) is 24.2 Å². The van der Waals surface area contributed by atoms with Crippen LogP contribution < -0.4 is 14.9 Å². The third kappa shape index (κ3) is 6.82. The van der Waals surface area contributed by atoms with Gasteiger partial charge in [-0.1, -0.05) is 23.5 Å². The second kappa shape index (κ2) is 12.2. The zero-order valence-corrected chi connectivity index (χ0v) is 23.1. The number of nitrogens with one attached hydrogen (secondary N) is 2. The van der Waals surface area contributed by atoms with Crippen LogP contribution in [0.15, 0.2) is 71.6 Å². The third-order valence-corrected chi connectivity index (χ3v) is 8.69. The number of sulfonamides is 1. The van der Waals surface area contributed by atoms with E-state index in [4.69, 9.17) is 0 Å². The molecule has 4 aromatic rings. The van der Waals surface area contributed by atoms with E-state index in [1.54, 1.807) is 18.2 Å². The number of carbonyl (C=O) groups is 1. The second-order valence-corrected chi connectivity index (χ2v) is 11.5. The number of anilines is 2. The van der Waals surface area contributed by atoms with Gasteiger partial charge in [0.2, 0.25) is 0 Å². The van der Waals surface area contributed by atoms with Gasteiger partial charge in [0.05, 0.1) is 9.60 Å². The molecule has 2 heterocycles. The van der Waals surface area contributed by atoms with Crippen LogP contribution in [0.5, 0.6) is 0 Å². The molecule has 8 nitrogen and oxygen atoms in total. The van der Waals surface area contributed by atoms with Crippen LogP contribution >= 0.6 is 23.7 Å². The van der Waals surface area contributed by atoms with Crippen molar-refractivity contribution in [3.63, 3.8) is 0 Å². The minimum Gasteiger partial charge on any atom is -0.351 e. The number of fused-ring (bicyclic) bond motifs is 1. The van der Waals surface area contributed by atoms with Crippen molar-refractivity contribution in [2.75, 3.05) is 48.9 Å². The number of thiazole rings is 1. The summed E-state index contributed by atoms with van der Waals surface area (Å²) < 4.78 is 55.5. The molecule has 1 amide bonds. The molecule has 5 rings (SSSR count). The Morgan fingerprint density at radius 2 is 1.69 bits per heavy atom. The molecule has 0 bridgehead atoms. The summed E-state index contributed by atoms with van der Waals surface area (Å²) in [4.78, 5) is 21.4. The molecule has 13 heteroatoms. The van der Waals surface area contributed by atoms with Gasteiger partial charge in [-0.3, -0.25) is 14.4 Å². The van der Waals surface area contributed by atoms with Gasteiger partial charge in [-0.05, 0) is 54.6 Å². The molecular formula is C26H26ClF2N5O3S2. The van der Waals surface area contributed by atoms with E-state index in [1.165, 1.54) is 41.7 Å². The number of hydrogen-bond donors (Lipinski definition) is 2. The molecule has 1 saturated heterocycles. The Kier molecular flexibility index (Phi) is 9.01. The maximum absolute atomic E-state index is 14.0. The molecule has 0 aliphatic carbocycles. The molecule has 1 fully saturated rings. The fourth-order valence-electron chi connectivity index (χ4n) is 4.18. The molecule has 0 radical (unpaired) electrons. The van der Waals surface area contributed by atoms with Crippen molar-refractivity contribution in [1.29, 1.82) is 0 Å². The lowest BCUT2D eigenvalue weighted by molar-refractivity contribution is 0.0947. The van der Waals surface area contributed by atoms with Crippen LogP contribution in [0.25, 0.3) is 10.2 Å². The molecule has 3 aromatic carbocycles. The van der Waals surface area contributed by atoms with Gasteiger partial charge in [0.1, 0.15) is 17.2 Å². The number of rotatable bonds is 8. The highest BCUT2D eigenvalue weighted by atomic mass is 35.5. The third-order valence-electron chi connectivity index (χ3n) is 6.22. The molecule has 39 heavy (non-hydrogen) atoms. The average Bonchev–Trinajstić information content (AvgIpc) is 3.35. The van der Waals surface area contributed by atoms with Crippen molar-refractivity contribution < 1.29 is 22.0 Å². The number of para-hydroxylation sites is 1. The lowest BCUT2D eigenvalue weighted by atomic mass is 10.2. The van der Waals surface area contributed by atoms with Gasteiger partial charge in [0.25, 0.3) is 15.9 Å². The Morgan fingerprint density at radius 1 is 0.974 bits per heavy atom. The predicted molar refractivity (Wildman–Crippen MR) is 151 cm³/mol. The van der Waals surface area contributed by atoms with E-state index in [1.807, 2.05) is 6.07 Å². The van der Waals surface area contributed by atoms with Crippen LogP contribution in [-0.2, 0) is 10.0 Å². The summed E-state index contributed by atoms with van der Waals surface area (Å²) in [6, 6.07) is 15.6. The van der Waals surface area contributed by atoms with Crippen molar-refractivity contribution >= 4 is 60.7 Å². The van der Waals surface area contributed by atoms with Crippen LogP contribution in [0, 0.1) is 11.6 Å². The van der Waals surface area contributed by atoms with Crippen molar-refractivity contribution in [3.05, 3.63) is 83.9 Å². The van der Waals surface area contributed by atoms with Crippen LogP contribution in [-0.4, -0.2) is 63.5 Å². The van der Waals surface area contributed by atoms with Crippen molar-refractivity contribution in [3.8, 4) is 0 Å². The minimum atomic E-state index is -3.92. The predicted octanol–water partition coefficient (Wildman–Crippen LogP) is 4.35. The molecule has 0 saturated carbocycles. The van der Waals surface area contributed by atoms with Gasteiger partial charge in [-0.25, -0.2) is 22.2 Å². The number of nitrogens with zero attached hydrogens (tertiary/aromatic N) is 3. The molecule has 0 unspecified atom stereocenters. The normalized spacial score (nSPS) is 14.2. The summed E-state index contributed by atoms with van der Waals surface area (Å²) in [6.07, 6.45) is 0. The minimum absolute atomic E-state index is 0. The first-order chi connectivity index (χ1) is 18.3. The number of piperazine rings is 1. The lowest BCUT2D eigenvalue weighted by Gasteiger charge is -2.34. The Morgan fingerprint density at radius 3 is 2.41 bits per heavy atom. The summed E-state index contributed by atoms with van der Waals surface area (Å²) in [5, 5.41) is 3.69. The van der Waals surface area contributed by atoms with E-state index in [2.05, 4.69) is 24.8 Å². The van der Waals surface area contributed by atoms with E-state index < -0.39 is 15.8 Å². The zero-order chi connectivity index (χ0) is 26.7. The van der Waals surface area contributed by atoms with Gasteiger partial charge in [-0.2, -0.15) is 0 Å². The Labute approximate surface area is 235 Å². The molecule has 206 valence electrons. The highest BCUT2D eigenvalue weighted by Crippen LogP contribution is 2.30. The first-order valence-electron chi connectivity index (χ1n) is 12.0. The van der Waals surface area contributed by atoms with Crippen molar-refractivity contribution in [2.24, 2.45) is 0 Å².